The van der Waals surface area contributed by atoms with Crippen molar-refractivity contribution in [1.29, 1.82) is 0 Å². The smallest absolute Gasteiger partial charge is 0.329 e. The number of ether oxygens (including phenoxy) is 1. The van der Waals surface area contributed by atoms with Crippen molar-refractivity contribution in [1.82, 2.24) is 9.78 Å². The van der Waals surface area contributed by atoms with E-state index in [2.05, 4.69) is 41.1 Å². The largest absolute Gasteiger partial charge is 0.480 e. The lowest BCUT2D eigenvalue weighted by molar-refractivity contribution is -0.142. The molecule has 5 nitrogen and oxygen atoms in total. The Balaban J connectivity index is 1.41. The van der Waals surface area contributed by atoms with Crippen LogP contribution in [0.15, 0.2) is 54.6 Å². The first kappa shape index (κ1) is 23.1. The van der Waals surface area contributed by atoms with Crippen LogP contribution >= 0.6 is 11.6 Å². The van der Waals surface area contributed by atoms with Gasteiger partial charge in [0.05, 0.1) is 6.61 Å². The Morgan fingerprint density at radius 1 is 0.971 bits per heavy atom. The van der Waals surface area contributed by atoms with E-state index in [-0.39, 0.29) is 6.61 Å². The van der Waals surface area contributed by atoms with E-state index in [1.54, 1.807) is 0 Å². The molecule has 3 aromatic rings. The van der Waals surface area contributed by atoms with Gasteiger partial charge in [0.15, 0.2) is 0 Å². The summed E-state index contributed by atoms with van der Waals surface area (Å²) in [4.78, 5) is 10.7. The maximum absolute atomic E-state index is 10.7. The Labute approximate surface area is 205 Å². The van der Waals surface area contributed by atoms with Crippen molar-refractivity contribution in [2.45, 2.75) is 51.0 Å². The molecule has 0 bridgehead atoms. The molecule has 1 aromatic heterocycles. The number of carboxylic acid groups (broad SMARTS) is 1. The van der Waals surface area contributed by atoms with Crippen LogP contribution in [0.3, 0.4) is 0 Å². The highest BCUT2D eigenvalue weighted by Gasteiger charge is 2.34. The molecule has 0 radical (unpaired) electrons. The number of aliphatic carboxylic acids is 1. The number of hydrogen-bond acceptors (Lipinski definition) is 3. The first-order valence-corrected chi connectivity index (χ1v) is 12.7. The second kappa shape index (κ2) is 10.3. The van der Waals surface area contributed by atoms with Gasteiger partial charge in [-0.15, -0.1) is 0 Å². The van der Waals surface area contributed by atoms with Gasteiger partial charge in [-0.1, -0.05) is 54.1 Å². The molecule has 0 unspecified atom stereocenters. The number of aromatic nitrogens is 2. The Morgan fingerprint density at radius 3 is 2.35 bits per heavy atom. The number of carbonyl (C=O) groups is 1. The van der Waals surface area contributed by atoms with Gasteiger partial charge in [0.1, 0.15) is 12.3 Å². The van der Waals surface area contributed by atoms with E-state index in [1.165, 1.54) is 24.1 Å². The highest BCUT2D eigenvalue weighted by molar-refractivity contribution is 6.30. The van der Waals surface area contributed by atoms with E-state index >= 15 is 0 Å². The van der Waals surface area contributed by atoms with Crippen LogP contribution in [0, 0.1) is 11.8 Å². The first-order valence-electron chi connectivity index (χ1n) is 12.3. The van der Waals surface area contributed by atoms with Crippen LogP contribution < -0.4 is 0 Å². The minimum Gasteiger partial charge on any atom is -0.480 e. The molecule has 1 N–H and O–H groups in total. The summed E-state index contributed by atoms with van der Waals surface area (Å²) in [6.07, 6.45) is 6.83. The van der Waals surface area contributed by atoms with Crippen LogP contribution in [0.2, 0.25) is 5.02 Å². The molecule has 2 saturated carbocycles. The summed E-state index contributed by atoms with van der Waals surface area (Å²) in [6.45, 7) is 1.27. The van der Waals surface area contributed by atoms with Crippen LogP contribution in [0.25, 0.3) is 22.4 Å². The van der Waals surface area contributed by atoms with Crippen molar-refractivity contribution in [3.8, 4) is 22.4 Å². The van der Waals surface area contributed by atoms with Gasteiger partial charge in [-0.25, -0.2) is 4.79 Å². The Morgan fingerprint density at radius 2 is 1.68 bits per heavy atom. The summed E-state index contributed by atoms with van der Waals surface area (Å²) >= 11 is 6.40. The third-order valence-corrected chi connectivity index (χ3v) is 7.33. The summed E-state index contributed by atoms with van der Waals surface area (Å²) in [5.74, 6) is 0.686. The molecule has 2 fully saturated rings. The van der Waals surface area contributed by atoms with Crippen LogP contribution in [0.4, 0.5) is 0 Å². The molecule has 0 spiro atoms. The predicted octanol–water partition coefficient (Wildman–Crippen LogP) is 6.66. The van der Waals surface area contributed by atoms with E-state index in [0.29, 0.717) is 24.4 Å². The van der Waals surface area contributed by atoms with Gasteiger partial charge in [-0.3, -0.25) is 4.68 Å². The molecule has 2 aliphatic carbocycles. The van der Waals surface area contributed by atoms with E-state index < -0.39 is 5.97 Å². The molecule has 0 saturated heterocycles. The monoisotopic (exact) mass is 478 g/mol. The minimum atomic E-state index is -0.898. The zero-order valence-electron chi connectivity index (χ0n) is 19.3. The molecule has 34 heavy (non-hydrogen) atoms. The topological polar surface area (TPSA) is 64.3 Å². The number of hydrogen-bond donors (Lipinski definition) is 1. The van der Waals surface area contributed by atoms with E-state index in [0.717, 1.165) is 54.1 Å². The molecule has 2 aliphatic rings. The zero-order valence-corrected chi connectivity index (χ0v) is 20.1. The Hall–Kier alpha value is -2.63. The number of rotatable bonds is 9. The number of nitrogens with zero attached hydrogens (tertiary/aromatic N) is 2. The first-order chi connectivity index (χ1) is 16.6. The van der Waals surface area contributed by atoms with E-state index in [9.17, 15) is 4.79 Å². The summed E-state index contributed by atoms with van der Waals surface area (Å²) in [7, 11) is 0. The van der Waals surface area contributed by atoms with Gasteiger partial charge < -0.3 is 9.84 Å². The average molecular weight is 479 g/mol. The van der Waals surface area contributed by atoms with Gasteiger partial charge in [0, 0.05) is 34.3 Å². The molecule has 5 rings (SSSR count). The summed E-state index contributed by atoms with van der Waals surface area (Å²) in [5.41, 5.74) is 5.90. The highest BCUT2D eigenvalue weighted by atomic mass is 35.5. The Bertz CT molecular complexity index is 1130. The fourth-order valence-corrected chi connectivity index (χ4v) is 5.44. The standard InChI is InChI=1S/C28H31ClN2O3/c29-24-8-4-7-23(15-24)26-27(21-5-2-1-3-6-21)30-31(28(26)22-13-14-22)16-19-9-11-20(12-10-19)17-34-18-25(32)33/h1-8,15,19-20,22H,9-14,16-18H2,(H,32,33). The second-order valence-corrected chi connectivity index (χ2v) is 10.2. The molecular weight excluding hydrogens is 448 g/mol. The molecular formula is C28H31ClN2O3. The molecule has 178 valence electrons. The van der Waals surface area contributed by atoms with Gasteiger partial charge in [0.25, 0.3) is 0 Å². The van der Waals surface area contributed by atoms with Crippen molar-refractivity contribution < 1.29 is 14.6 Å². The zero-order chi connectivity index (χ0) is 23.5. The van der Waals surface area contributed by atoms with E-state index in [4.69, 9.17) is 26.5 Å². The molecule has 6 heteroatoms. The van der Waals surface area contributed by atoms with Crippen molar-refractivity contribution in [2.75, 3.05) is 13.2 Å². The number of halogens is 1. The van der Waals surface area contributed by atoms with Crippen LogP contribution in [-0.4, -0.2) is 34.1 Å². The molecule has 2 aromatic carbocycles. The van der Waals surface area contributed by atoms with Crippen LogP contribution in [-0.2, 0) is 16.1 Å². The third kappa shape index (κ3) is 5.37. The fourth-order valence-electron chi connectivity index (χ4n) is 5.25. The Kier molecular flexibility index (Phi) is 7.02. The van der Waals surface area contributed by atoms with Gasteiger partial charge in [-0.2, -0.15) is 5.10 Å². The maximum atomic E-state index is 10.7. The van der Waals surface area contributed by atoms with Crippen molar-refractivity contribution in [2.24, 2.45) is 11.8 Å². The maximum Gasteiger partial charge on any atom is 0.329 e. The summed E-state index contributed by atoms with van der Waals surface area (Å²) in [5, 5.41) is 14.7. The summed E-state index contributed by atoms with van der Waals surface area (Å²) in [6, 6.07) is 18.6. The molecule has 0 aliphatic heterocycles. The van der Waals surface area contributed by atoms with Crippen molar-refractivity contribution >= 4 is 17.6 Å². The fraction of sp³-hybridized carbons (Fsp3) is 0.429. The lowest BCUT2D eigenvalue weighted by atomic mass is 9.82. The summed E-state index contributed by atoms with van der Waals surface area (Å²) < 4.78 is 7.64. The number of carboxylic acids is 1. The predicted molar refractivity (Wildman–Crippen MR) is 134 cm³/mol. The third-order valence-electron chi connectivity index (χ3n) is 7.09. The quantitative estimate of drug-likeness (QED) is 0.373. The molecule has 0 amide bonds. The normalized spacial score (nSPS) is 20.4. The number of benzene rings is 2. The van der Waals surface area contributed by atoms with Crippen molar-refractivity contribution in [3.05, 3.63) is 65.3 Å². The van der Waals surface area contributed by atoms with E-state index in [1.807, 2.05) is 18.2 Å². The van der Waals surface area contributed by atoms with Gasteiger partial charge in [-0.05, 0) is 68.1 Å². The molecule has 0 atom stereocenters. The molecule has 1 heterocycles. The average Bonchev–Trinajstić information content (AvgIpc) is 3.61. The van der Waals surface area contributed by atoms with Crippen LogP contribution in [0.5, 0.6) is 0 Å². The lowest BCUT2D eigenvalue weighted by Gasteiger charge is -2.28. The van der Waals surface area contributed by atoms with Crippen molar-refractivity contribution in [3.63, 3.8) is 0 Å². The van der Waals surface area contributed by atoms with Gasteiger partial charge in [0.2, 0.25) is 0 Å². The highest BCUT2D eigenvalue weighted by Crippen LogP contribution is 2.48. The minimum absolute atomic E-state index is 0.202. The van der Waals surface area contributed by atoms with Gasteiger partial charge >= 0.3 is 5.97 Å². The second-order valence-electron chi connectivity index (χ2n) is 9.74. The SMILES string of the molecule is O=C(O)COCC1CCC(Cn2nc(-c3ccccc3)c(-c3cccc(Cl)c3)c2C2CC2)CC1. The van der Waals surface area contributed by atoms with Crippen LogP contribution in [0.1, 0.15) is 50.1 Å². The lowest BCUT2D eigenvalue weighted by Crippen LogP contribution is -2.23.